The lowest BCUT2D eigenvalue weighted by atomic mass is 9.94. The van der Waals surface area contributed by atoms with Crippen LogP contribution in [0.25, 0.3) is 0 Å². The highest BCUT2D eigenvalue weighted by Crippen LogP contribution is 2.49. The first-order valence-corrected chi connectivity index (χ1v) is 12.1. The Bertz CT molecular complexity index is 978. The lowest BCUT2D eigenvalue weighted by Gasteiger charge is -2.36. The van der Waals surface area contributed by atoms with Gasteiger partial charge in [0.15, 0.2) is 0 Å². The van der Waals surface area contributed by atoms with Crippen LogP contribution in [-0.2, 0) is 28.9 Å². The first-order valence-electron chi connectivity index (χ1n) is 10.9. The van der Waals surface area contributed by atoms with Gasteiger partial charge in [0.25, 0.3) is 5.56 Å². The maximum Gasteiger partial charge on any atom is 0.267 e. The number of nitrogens with zero attached hydrogens (tertiary/aromatic N) is 4. The molecule has 158 valence electrons. The summed E-state index contributed by atoms with van der Waals surface area (Å²) in [6.07, 6.45) is 2.87. The summed E-state index contributed by atoms with van der Waals surface area (Å²) >= 11 is 1.87. The molecule has 2 aromatic rings. The molecule has 2 aliphatic heterocycles. The largest absolute Gasteiger partial charge is 0.339 e. The van der Waals surface area contributed by atoms with Crippen LogP contribution in [-0.4, -0.2) is 64.0 Å². The van der Waals surface area contributed by atoms with E-state index in [0.717, 1.165) is 80.3 Å². The fourth-order valence-electron chi connectivity index (χ4n) is 4.63. The van der Waals surface area contributed by atoms with Gasteiger partial charge in [0.2, 0.25) is 5.91 Å². The Hall–Kier alpha value is -2.12. The Kier molecular flexibility index (Phi) is 5.41. The van der Waals surface area contributed by atoms with Crippen LogP contribution in [0.2, 0.25) is 0 Å². The monoisotopic (exact) mass is 424 g/mol. The van der Waals surface area contributed by atoms with Crippen LogP contribution in [0.5, 0.6) is 0 Å². The van der Waals surface area contributed by atoms with Crippen LogP contribution in [0, 0.1) is 0 Å². The third-order valence-electron chi connectivity index (χ3n) is 6.68. The molecule has 6 nitrogen and oxygen atoms in total. The number of carbonyl (C=O) groups excluding carboxylic acids is 1. The molecule has 0 atom stereocenters. The minimum absolute atomic E-state index is 0.00333. The van der Waals surface area contributed by atoms with Crippen LogP contribution in [0.15, 0.2) is 41.2 Å². The second-order valence-electron chi connectivity index (χ2n) is 8.56. The second-order valence-corrected chi connectivity index (χ2v) is 9.67. The van der Waals surface area contributed by atoms with Crippen molar-refractivity contribution in [1.82, 2.24) is 19.6 Å². The highest BCUT2D eigenvalue weighted by Gasteiger charge is 2.53. The molecular weight excluding hydrogens is 396 g/mol. The summed E-state index contributed by atoms with van der Waals surface area (Å²) in [5, 5.41) is 4.61. The average molecular weight is 425 g/mol. The number of hydrogen-bond donors (Lipinski definition) is 0. The van der Waals surface area contributed by atoms with Crippen molar-refractivity contribution < 1.29 is 4.79 Å². The van der Waals surface area contributed by atoms with Gasteiger partial charge in [-0.15, -0.1) is 0 Å². The minimum atomic E-state index is -0.276. The number of benzene rings is 1. The van der Waals surface area contributed by atoms with E-state index in [9.17, 15) is 9.59 Å². The molecule has 0 N–H and O–H groups in total. The van der Waals surface area contributed by atoms with Crippen LogP contribution in [0.4, 0.5) is 0 Å². The maximum absolute atomic E-state index is 13.2. The number of thioether (sulfide) groups is 1. The number of piperazine rings is 1. The first-order chi connectivity index (χ1) is 14.7. The van der Waals surface area contributed by atoms with Crippen molar-refractivity contribution in [2.24, 2.45) is 0 Å². The van der Waals surface area contributed by atoms with Crippen molar-refractivity contribution in [3.05, 3.63) is 63.6 Å². The maximum atomic E-state index is 13.2. The number of amides is 1. The van der Waals surface area contributed by atoms with Gasteiger partial charge in [0.05, 0.1) is 17.7 Å². The number of aryl methyl sites for hydroxylation is 1. The summed E-state index contributed by atoms with van der Waals surface area (Å²) in [5.74, 6) is 2.27. The molecule has 1 aromatic carbocycles. The number of carbonyl (C=O) groups is 1. The van der Waals surface area contributed by atoms with E-state index in [4.69, 9.17) is 0 Å². The summed E-state index contributed by atoms with van der Waals surface area (Å²) in [6.45, 7) is 4.64. The van der Waals surface area contributed by atoms with Crippen molar-refractivity contribution in [2.45, 2.75) is 37.0 Å². The van der Waals surface area contributed by atoms with Gasteiger partial charge >= 0.3 is 0 Å². The fraction of sp³-hybridized carbons (Fsp3) is 0.522. The smallest absolute Gasteiger partial charge is 0.267 e. The van der Waals surface area contributed by atoms with E-state index < -0.39 is 0 Å². The predicted molar refractivity (Wildman–Crippen MR) is 119 cm³/mol. The molecule has 0 radical (unpaired) electrons. The molecule has 3 aliphatic rings. The molecule has 1 aromatic heterocycles. The average Bonchev–Trinajstić information content (AvgIpc) is 3.60. The molecule has 7 heteroatoms. The van der Waals surface area contributed by atoms with Crippen LogP contribution in [0.1, 0.15) is 29.7 Å². The lowest BCUT2D eigenvalue weighted by Crippen LogP contribution is -2.52. The number of rotatable bonds is 5. The summed E-state index contributed by atoms with van der Waals surface area (Å²) in [7, 11) is 0. The topological polar surface area (TPSA) is 58.4 Å². The molecule has 5 rings (SSSR count). The van der Waals surface area contributed by atoms with Gasteiger partial charge < -0.3 is 4.90 Å². The SMILES string of the molecule is O=C(N1CCN(CCn2nc3c(cc2=O)CSCC3)CC1)C1(c2ccccc2)CC1. The zero-order valence-electron chi connectivity index (χ0n) is 17.3. The van der Waals surface area contributed by atoms with Gasteiger partial charge in [-0.1, -0.05) is 30.3 Å². The van der Waals surface area contributed by atoms with E-state index in [0.29, 0.717) is 12.5 Å². The molecule has 0 spiro atoms. The van der Waals surface area contributed by atoms with E-state index in [1.165, 1.54) is 0 Å². The fourth-order valence-corrected chi connectivity index (χ4v) is 5.59. The lowest BCUT2D eigenvalue weighted by molar-refractivity contribution is -0.135. The van der Waals surface area contributed by atoms with Gasteiger partial charge in [0.1, 0.15) is 0 Å². The Morgan fingerprint density at radius 3 is 2.57 bits per heavy atom. The Morgan fingerprint density at radius 1 is 1.07 bits per heavy atom. The second kappa shape index (κ2) is 8.19. The van der Waals surface area contributed by atoms with E-state index in [1.54, 1.807) is 10.7 Å². The summed E-state index contributed by atoms with van der Waals surface area (Å²) in [4.78, 5) is 30.0. The van der Waals surface area contributed by atoms with Crippen molar-refractivity contribution in [1.29, 1.82) is 0 Å². The highest BCUT2D eigenvalue weighted by atomic mass is 32.2. The molecule has 3 heterocycles. The van der Waals surface area contributed by atoms with Crippen LogP contribution in [0.3, 0.4) is 0 Å². The van der Waals surface area contributed by atoms with Crippen molar-refractivity contribution in [2.75, 3.05) is 38.5 Å². The molecule has 1 aliphatic carbocycles. The molecule has 30 heavy (non-hydrogen) atoms. The van der Waals surface area contributed by atoms with Crippen molar-refractivity contribution in [3.8, 4) is 0 Å². The molecule has 0 unspecified atom stereocenters. The van der Waals surface area contributed by atoms with E-state index in [-0.39, 0.29) is 11.0 Å². The first kappa shape index (κ1) is 19.8. The molecule has 1 saturated carbocycles. The number of hydrogen-bond acceptors (Lipinski definition) is 5. The number of aromatic nitrogens is 2. The zero-order valence-corrected chi connectivity index (χ0v) is 18.1. The molecule has 0 bridgehead atoms. The third-order valence-corrected chi connectivity index (χ3v) is 7.69. The van der Waals surface area contributed by atoms with Gasteiger partial charge in [-0.3, -0.25) is 14.5 Å². The summed E-state index contributed by atoms with van der Waals surface area (Å²) < 4.78 is 1.63. The molecule has 2 fully saturated rings. The van der Waals surface area contributed by atoms with Crippen molar-refractivity contribution >= 4 is 17.7 Å². The van der Waals surface area contributed by atoms with E-state index >= 15 is 0 Å². The van der Waals surface area contributed by atoms with Gasteiger partial charge in [-0.25, -0.2) is 4.68 Å². The normalized spacial score (nSPS) is 20.6. The quantitative estimate of drug-likeness (QED) is 0.734. The Balaban J connectivity index is 1.16. The van der Waals surface area contributed by atoms with E-state index in [1.807, 2.05) is 34.9 Å². The third kappa shape index (κ3) is 3.81. The minimum Gasteiger partial charge on any atom is -0.339 e. The summed E-state index contributed by atoms with van der Waals surface area (Å²) in [6, 6.07) is 12.0. The molecular formula is C23H28N4O2S. The van der Waals surface area contributed by atoms with Crippen molar-refractivity contribution in [3.63, 3.8) is 0 Å². The zero-order chi connectivity index (χ0) is 20.6. The van der Waals surface area contributed by atoms with E-state index in [2.05, 4.69) is 22.1 Å². The van der Waals surface area contributed by atoms with Crippen LogP contribution >= 0.6 is 11.8 Å². The summed E-state index contributed by atoms with van der Waals surface area (Å²) in [5.41, 5.74) is 3.07. The molecule has 1 amide bonds. The van der Waals surface area contributed by atoms with Crippen LogP contribution < -0.4 is 5.56 Å². The Morgan fingerprint density at radius 2 is 1.83 bits per heavy atom. The Labute approximate surface area is 181 Å². The predicted octanol–water partition coefficient (Wildman–Crippen LogP) is 1.91. The highest BCUT2D eigenvalue weighted by molar-refractivity contribution is 7.98. The standard InChI is InChI=1S/C23H28N4O2S/c28-21-16-18-17-30-15-6-20(18)24-27(21)14-11-25-9-12-26(13-10-25)22(29)23(7-8-23)19-4-2-1-3-5-19/h1-5,16H,6-15,17H2. The van der Waals surface area contributed by atoms with Gasteiger partial charge in [0, 0.05) is 51.0 Å². The van der Waals surface area contributed by atoms with Gasteiger partial charge in [-0.05, 0) is 29.7 Å². The number of fused-ring (bicyclic) bond motifs is 1. The van der Waals surface area contributed by atoms with Gasteiger partial charge in [-0.2, -0.15) is 16.9 Å². The molecule has 1 saturated heterocycles.